The van der Waals surface area contributed by atoms with E-state index in [0.717, 1.165) is 12.0 Å². The fraction of sp³-hybridized carbons (Fsp3) is 0.500. The van der Waals surface area contributed by atoms with E-state index in [9.17, 15) is 4.79 Å². The first kappa shape index (κ1) is 12.3. The number of nitrogens with one attached hydrogen (secondary N) is 1. The van der Waals surface area contributed by atoms with Crippen LogP contribution in [0.25, 0.3) is 0 Å². The van der Waals surface area contributed by atoms with Crippen molar-refractivity contribution in [2.24, 2.45) is 5.92 Å². The van der Waals surface area contributed by atoms with Crippen LogP contribution in [0.2, 0.25) is 5.15 Å². The van der Waals surface area contributed by atoms with Gasteiger partial charge in [0.1, 0.15) is 0 Å². The lowest BCUT2D eigenvalue weighted by Gasteiger charge is -2.12. The highest BCUT2D eigenvalue weighted by Gasteiger charge is 2.28. The number of aromatic nitrogens is 1. The van der Waals surface area contributed by atoms with Crippen LogP contribution in [0.1, 0.15) is 18.9 Å². The van der Waals surface area contributed by atoms with Gasteiger partial charge in [0.2, 0.25) is 5.91 Å². The Morgan fingerprint density at radius 3 is 3.00 bits per heavy atom. The van der Waals surface area contributed by atoms with Crippen molar-refractivity contribution in [3.8, 4) is 0 Å². The van der Waals surface area contributed by atoms with Gasteiger partial charge >= 0.3 is 0 Å². The fourth-order valence-corrected chi connectivity index (χ4v) is 2.15. The molecule has 1 aromatic rings. The van der Waals surface area contributed by atoms with Crippen molar-refractivity contribution in [1.29, 1.82) is 0 Å². The van der Waals surface area contributed by atoms with Gasteiger partial charge in [0.25, 0.3) is 0 Å². The van der Waals surface area contributed by atoms with Crippen molar-refractivity contribution in [2.45, 2.75) is 26.4 Å². The van der Waals surface area contributed by atoms with Crippen molar-refractivity contribution < 1.29 is 9.53 Å². The monoisotopic (exact) mass is 254 g/mol. The number of hydrogen-bond donors (Lipinski definition) is 1. The average Bonchev–Trinajstić information content (AvgIpc) is 2.70. The Hall–Kier alpha value is -1.13. The molecule has 5 heteroatoms. The molecule has 0 bridgehead atoms. The summed E-state index contributed by atoms with van der Waals surface area (Å²) in [5.74, 6) is -0.145. The molecule has 2 rings (SSSR count). The number of hydrogen-bond acceptors (Lipinski definition) is 3. The summed E-state index contributed by atoms with van der Waals surface area (Å²) in [4.78, 5) is 15.9. The summed E-state index contributed by atoms with van der Waals surface area (Å²) in [5.41, 5.74) is 1.50. The van der Waals surface area contributed by atoms with Crippen molar-refractivity contribution in [1.82, 2.24) is 4.98 Å². The Morgan fingerprint density at radius 2 is 2.41 bits per heavy atom. The van der Waals surface area contributed by atoms with Gasteiger partial charge in [-0.05, 0) is 31.9 Å². The second-order valence-corrected chi connectivity index (χ2v) is 4.72. The number of rotatable bonds is 2. The van der Waals surface area contributed by atoms with Crippen LogP contribution in [-0.2, 0) is 9.53 Å². The molecule has 2 heterocycles. The van der Waals surface area contributed by atoms with Gasteiger partial charge in [0.15, 0.2) is 5.15 Å². The van der Waals surface area contributed by atoms with E-state index in [0.29, 0.717) is 17.4 Å². The number of carbonyl (C=O) groups is 1. The Morgan fingerprint density at radius 1 is 1.65 bits per heavy atom. The predicted octanol–water partition coefficient (Wildman–Crippen LogP) is 2.41. The summed E-state index contributed by atoms with van der Waals surface area (Å²) >= 11 is 5.95. The first-order valence-corrected chi connectivity index (χ1v) is 5.99. The third kappa shape index (κ3) is 2.76. The molecule has 2 atom stereocenters. The minimum atomic E-state index is -0.0966. The maximum absolute atomic E-state index is 12.0. The molecule has 1 fully saturated rings. The third-order valence-corrected chi connectivity index (χ3v) is 3.22. The van der Waals surface area contributed by atoms with Gasteiger partial charge in [-0.3, -0.25) is 4.79 Å². The zero-order chi connectivity index (χ0) is 12.4. The average molecular weight is 255 g/mol. The topological polar surface area (TPSA) is 51.2 Å². The Balaban J connectivity index is 2.08. The van der Waals surface area contributed by atoms with Crippen LogP contribution in [0, 0.1) is 12.8 Å². The van der Waals surface area contributed by atoms with Gasteiger partial charge < -0.3 is 10.1 Å². The minimum absolute atomic E-state index is 0.0487. The summed E-state index contributed by atoms with van der Waals surface area (Å²) in [6, 6.07) is 1.81. The summed E-state index contributed by atoms with van der Waals surface area (Å²) in [6.45, 7) is 4.33. The Labute approximate surface area is 105 Å². The normalized spacial score (nSPS) is 23.7. The second-order valence-electron chi connectivity index (χ2n) is 4.36. The van der Waals surface area contributed by atoms with E-state index in [-0.39, 0.29) is 17.9 Å². The highest BCUT2D eigenvalue weighted by molar-refractivity contribution is 6.32. The van der Waals surface area contributed by atoms with E-state index in [1.54, 1.807) is 6.20 Å². The molecular formula is C12H15ClN2O2. The molecule has 1 aliphatic heterocycles. The molecule has 4 nitrogen and oxygen atoms in total. The molecule has 1 N–H and O–H groups in total. The van der Waals surface area contributed by atoms with Crippen molar-refractivity contribution in [2.75, 3.05) is 11.9 Å². The predicted molar refractivity (Wildman–Crippen MR) is 66.1 cm³/mol. The molecule has 0 spiro atoms. The summed E-state index contributed by atoms with van der Waals surface area (Å²) in [5, 5.41) is 3.15. The van der Waals surface area contributed by atoms with Crippen LogP contribution in [0.3, 0.4) is 0 Å². The number of ether oxygens (including phenoxy) is 1. The number of halogens is 1. The number of pyridine rings is 1. The van der Waals surface area contributed by atoms with Gasteiger partial charge in [0, 0.05) is 6.20 Å². The number of aryl methyl sites for hydroxylation is 1. The first-order chi connectivity index (χ1) is 8.08. The molecule has 2 unspecified atom stereocenters. The smallest absolute Gasteiger partial charge is 0.230 e. The number of anilines is 1. The van der Waals surface area contributed by atoms with Crippen LogP contribution < -0.4 is 5.32 Å². The highest BCUT2D eigenvalue weighted by atomic mass is 35.5. The molecule has 92 valence electrons. The number of amides is 1. The van der Waals surface area contributed by atoms with Gasteiger partial charge in [-0.25, -0.2) is 4.98 Å². The highest BCUT2D eigenvalue weighted by Crippen LogP contribution is 2.25. The third-order valence-electron chi connectivity index (χ3n) is 2.93. The standard InChI is InChI=1S/C12H15ClN2O2/c1-7-3-4-14-11(13)10(7)15-12(16)9-5-8(2)17-6-9/h3-4,8-9H,5-6H2,1-2H3,(H,15,16). The van der Waals surface area contributed by atoms with E-state index in [1.165, 1.54) is 0 Å². The maximum atomic E-state index is 12.0. The number of nitrogens with zero attached hydrogens (tertiary/aromatic N) is 1. The second kappa shape index (κ2) is 5.02. The molecule has 1 aromatic heterocycles. The summed E-state index contributed by atoms with van der Waals surface area (Å²) < 4.78 is 5.38. The zero-order valence-corrected chi connectivity index (χ0v) is 10.6. The van der Waals surface area contributed by atoms with Crippen LogP contribution >= 0.6 is 11.6 Å². The largest absolute Gasteiger partial charge is 0.378 e. The van der Waals surface area contributed by atoms with Crippen LogP contribution in [0.4, 0.5) is 5.69 Å². The lowest BCUT2D eigenvalue weighted by molar-refractivity contribution is -0.119. The SMILES string of the molecule is Cc1ccnc(Cl)c1NC(=O)C1COC(C)C1. The molecule has 0 aromatic carbocycles. The van der Waals surface area contributed by atoms with Crippen LogP contribution in [0.5, 0.6) is 0 Å². The molecular weight excluding hydrogens is 240 g/mol. The van der Waals surface area contributed by atoms with Gasteiger partial charge in [-0.1, -0.05) is 11.6 Å². The molecule has 1 saturated heterocycles. The molecule has 0 aliphatic carbocycles. The van der Waals surface area contributed by atoms with E-state index in [1.807, 2.05) is 19.9 Å². The fourth-order valence-electron chi connectivity index (χ4n) is 1.90. The Kier molecular flexibility index (Phi) is 3.64. The van der Waals surface area contributed by atoms with Gasteiger partial charge in [0.05, 0.1) is 24.3 Å². The van der Waals surface area contributed by atoms with Crippen LogP contribution in [0.15, 0.2) is 12.3 Å². The van der Waals surface area contributed by atoms with Gasteiger partial charge in [-0.15, -0.1) is 0 Å². The minimum Gasteiger partial charge on any atom is -0.378 e. The van der Waals surface area contributed by atoms with E-state index < -0.39 is 0 Å². The van der Waals surface area contributed by atoms with Gasteiger partial charge in [-0.2, -0.15) is 0 Å². The van der Waals surface area contributed by atoms with E-state index in [2.05, 4.69) is 10.3 Å². The van der Waals surface area contributed by atoms with Crippen molar-refractivity contribution in [3.05, 3.63) is 23.0 Å². The lowest BCUT2D eigenvalue weighted by Crippen LogP contribution is -2.23. The molecule has 1 aliphatic rings. The quantitative estimate of drug-likeness (QED) is 0.825. The van der Waals surface area contributed by atoms with E-state index in [4.69, 9.17) is 16.3 Å². The van der Waals surface area contributed by atoms with E-state index >= 15 is 0 Å². The number of carbonyl (C=O) groups excluding carboxylic acids is 1. The zero-order valence-electron chi connectivity index (χ0n) is 9.87. The Bertz CT molecular complexity index is 416. The van der Waals surface area contributed by atoms with Crippen LogP contribution in [-0.4, -0.2) is 23.6 Å². The maximum Gasteiger partial charge on any atom is 0.230 e. The summed E-state index contributed by atoms with van der Waals surface area (Å²) in [6.07, 6.45) is 2.52. The summed E-state index contributed by atoms with van der Waals surface area (Å²) in [7, 11) is 0. The molecule has 0 saturated carbocycles. The molecule has 17 heavy (non-hydrogen) atoms. The molecule has 0 radical (unpaired) electrons. The van der Waals surface area contributed by atoms with Crippen molar-refractivity contribution >= 4 is 23.2 Å². The molecule has 1 amide bonds. The first-order valence-electron chi connectivity index (χ1n) is 5.61. The lowest BCUT2D eigenvalue weighted by atomic mass is 10.1. The van der Waals surface area contributed by atoms with Crippen molar-refractivity contribution in [3.63, 3.8) is 0 Å².